The lowest BCUT2D eigenvalue weighted by atomic mass is 9.97. The van der Waals surface area contributed by atoms with Crippen molar-refractivity contribution in [1.82, 2.24) is 10.2 Å². The van der Waals surface area contributed by atoms with Gasteiger partial charge in [-0.05, 0) is 35.2 Å². The maximum Gasteiger partial charge on any atom is 0.227 e. The summed E-state index contributed by atoms with van der Waals surface area (Å²) in [6, 6.07) is 16.9. The molecule has 0 aromatic heterocycles. The molecule has 3 nitrogen and oxygen atoms in total. The van der Waals surface area contributed by atoms with E-state index in [2.05, 4.69) is 53.8 Å². The first kappa shape index (κ1) is 13.5. The van der Waals surface area contributed by atoms with Gasteiger partial charge in [-0.3, -0.25) is 4.79 Å². The van der Waals surface area contributed by atoms with E-state index in [0.717, 1.165) is 19.5 Å². The molecular weight excluding hydrogens is 272 g/mol. The van der Waals surface area contributed by atoms with Gasteiger partial charge in [-0.1, -0.05) is 48.5 Å². The van der Waals surface area contributed by atoms with Gasteiger partial charge in [0.25, 0.3) is 0 Å². The minimum Gasteiger partial charge on any atom is -0.334 e. The van der Waals surface area contributed by atoms with Crippen molar-refractivity contribution in [2.45, 2.75) is 19.5 Å². The number of hydrogen-bond donors (Lipinski definition) is 1. The fourth-order valence-corrected chi connectivity index (χ4v) is 3.59. The molecule has 0 aliphatic carbocycles. The molecule has 2 aliphatic rings. The van der Waals surface area contributed by atoms with Crippen LogP contribution in [0.25, 0.3) is 11.1 Å². The first-order valence-electron chi connectivity index (χ1n) is 7.98. The molecule has 1 saturated heterocycles. The van der Waals surface area contributed by atoms with Crippen LogP contribution in [0.15, 0.2) is 48.5 Å². The molecule has 2 heterocycles. The molecule has 4 rings (SSSR count). The Morgan fingerprint density at radius 2 is 1.55 bits per heavy atom. The summed E-state index contributed by atoms with van der Waals surface area (Å²) < 4.78 is 0. The molecule has 1 atom stereocenters. The van der Waals surface area contributed by atoms with Gasteiger partial charge in [-0.15, -0.1) is 0 Å². The van der Waals surface area contributed by atoms with Crippen LogP contribution in [0.5, 0.6) is 0 Å². The Morgan fingerprint density at radius 1 is 0.955 bits per heavy atom. The van der Waals surface area contributed by atoms with Crippen LogP contribution < -0.4 is 5.32 Å². The van der Waals surface area contributed by atoms with Crippen LogP contribution in [0.1, 0.15) is 17.5 Å². The predicted octanol–water partition coefficient (Wildman–Crippen LogP) is 2.81. The van der Waals surface area contributed by atoms with Gasteiger partial charge in [-0.2, -0.15) is 0 Å². The summed E-state index contributed by atoms with van der Waals surface area (Å²) in [6.45, 7) is 3.19. The highest BCUT2D eigenvalue weighted by Gasteiger charge is 2.29. The maximum absolute atomic E-state index is 12.9. The highest BCUT2D eigenvalue weighted by Crippen LogP contribution is 2.33. The molecule has 1 unspecified atom stereocenters. The van der Waals surface area contributed by atoms with Crippen LogP contribution in [0, 0.1) is 5.92 Å². The fraction of sp³-hybridized carbons (Fsp3) is 0.316. The van der Waals surface area contributed by atoms with Crippen LogP contribution in [-0.4, -0.2) is 23.9 Å². The third-order valence-electron chi connectivity index (χ3n) is 4.77. The fourth-order valence-electron chi connectivity index (χ4n) is 3.59. The van der Waals surface area contributed by atoms with E-state index < -0.39 is 0 Å². The van der Waals surface area contributed by atoms with Crippen LogP contribution in [0.4, 0.5) is 0 Å². The highest BCUT2D eigenvalue weighted by molar-refractivity contribution is 5.81. The second-order valence-corrected chi connectivity index (χ2v) is 6.20. The van der Waals surface area contributed by atoms with Gasteiger partial charge < -0.3 is 10.2 Å². The average molecular weight is 292 g/mol. The van der Waals surface area contributed by atoms with E-state index in [1.165, 1.54) is 22.3 Å². The molecule has 0 radical (unpaired) electrons. The van der Waals surface area contributed by atoms with Crippen molar-refractivity contribution in [3.63, 3.8) is 0 Å². The molecule has 0 spiro atoms. The quantitative estimate of drug-likeness (QED) is 0.876. The zero-order chi connectivity index (χ0) is 14.9. The number of carbonyl (C=O) groups excluding carboxylic acids is 1. The molecule has 1 amide bonds. The summed E-state index contributed by atoms with van der Waals surface area (Å²) in [5, 5.41) is 3.30. The number of nitrogens with one attached hydrogen (secondary N) is 1. The van der Waals surface area contributed by atoms with Gasteiger partial charge in [0.1, 0.15) is 0 Å². The third kappa shape index (κ3) is 2.32. The molecule has 2 aromatic rings. The zero-order valence-corrected chi connectivity index (χ0v) is 12.6. The Labute approximate surface area is 131 Å². The minimum atomic E-state index is 0.137. The molecule has 2 aromatic carbocycles. The maximum atomic E-state index is 12.9. The smallest absolute Gasteiger partial charge is 0.227 e. The van der Waals surface area contributed by atoms with Gasteiger partial charge in [0.05, 0.1) is 5.92 Å². The summed E-state index contributed by atoms with van der Waals surface area (Å²) >= 11 is 0. The molecular formula is C19H20N2O. The van der Waals surface area contributed by atoms with Crippen molar-refractivity contribution in [1.29, 1.82) is 0 Å². The summed E-state index contributed by atoms with van der Waals surface area (Å²) in [7, 11) is 0. The summed E-state index contributed by atoms with van der Waals surface area (Å²) in [4.78, 5) is 14.9. The highest BCUT2D eigenvalue weighted by atomic mass is 16.2. The third-order valence-corrected chi connectivity index (χ3v) is 4.77. The predicted molar refractivity (Wildman–Crippen MR) is 87.1 cm³/mol. The molecule has 3 heteroatoms. The number of hydrogen-bond acceptors (Lipinski definition) is 2. The van der Waals surface area contributed by atoms with Crippen LogP contribution in [0.2, 0.25) is 0 Å². The van der Waals surface area contributed by atoms with Crippen molar-refractivity contribution < 1.29 is 4.79 Å². The van der Waals surface area contributed by atoms with E-state index in [0.29, 0.717) is 13.1 Å². The van der Waals surface area contributed by atoms with Crippen molar-refractivity contribution in [3.05, 3.63) is 59.7 Å². The van der Waals surface area contributed by atoms with Crippen molar-refractivity contribution >= 4 is 5.91 Å². The number of nitrogens with zero attached hydrogens (tertiary/aromatic N) is 1. The Morgan fingerprint density at radius 3 is 2.09 bits per heavy atom. The Kier molecular flexibility index (Phi) is 3.43. The number of fused-ring (bicyclic) bond motifs is 3. The first-order chi connectivity index (χ1) is 10.8. The lowest BCUT2D eigenvalue weighted by molar-refractivity contribution is -0.136. The molecule has 112 valence electrons. The minimum absolute atomic E-state index is 0.137. The van der Waals surface area contributed by atoms with E-state index in [-0.39, 0.29) is 11.8 Å². The van der Waals surface area contributed by atoms with Gasteiger partial charge in [-0.25, -0.2) is 0 Å². The van der Waals surface area contributed by atoms with E-state index >= 15 is 0 Å². The van der Waals surface area contributed by atoms with E-state index in [1.807, 2.05) is 4.90 Å². The second kappa shape index (κ2) is 5.58. The Hall–Kier alpha value is -2.13. The van der Waals surface area contributed by atoms with Crippen LogP contribution in [-0.2, 0) is 17.9 Å². The summed E-state index contributed by atoms with van der Waals surface area (Å²) in [5.74, 6) is 0.425. The number of carbonyl (C=O) groups is 1. The SMILES string of the molecule is O=C(C1CCNC1)N1Cc2ccccc2-c2ccccc2C1. The zero-order valence-electron chi connectivity index (χ0n) is 12.6. The second-order valence-electron chi connectivity index (χ2n) is 6.20. The van der Waals surface area contributed by atoms with Gasteiger partial charge in [0.2, 0.25) is 5.91 Å². The number of amides is 1. The number of benzene rings is 2. The summed E-state index contributed by atoms with van der Waals surface area (Å²) in [5.41, 5.74) is 5.01. The lowest BCUT2D eigenvalue weighted by Crippen LogP contribution is -2.35. The Bertz CT molecular complexity index is 657. The number of rotatable bonds is 1. The Balaban J connectivity index is 1.75. The molecule has 22 heavy (non-hydrogen) atoms. The van der Waals surface area contributed by atoms with Gasteiger partial charge in [0.15, 0.2) is 0 Å². The molecule has 0 saturated carbocycles. The van der Waals surface area contributed by atoms with Crippen molar-refractivity contribution in [2.24, 2.45) is 5.92 Å². The molecule has 0 bridgehead atoms. The van der Waals surface area contributed by atoms with Crippen molar-refractivity contribution in [2.75, 3.05) is 13.1 Å². The standard InChI is InChI=1S/C19H20N2O/c22-19(14-9-10-20-11-14)21-12-15-5-1-3-7-17(15)18-8-4-2-6-16(18)13-21/h1-8,14,20H,9-13H2. The van der Waals surface area contributed by atoms with E-state index in [1.54, 1.807) is 0 Å². The monoisotopic (exact) mass is 292 g/mol. The average Bonchev–Trinajstić information content (AvgIpc) is 3.03. The van der Waals surface area contributed by atoms with Gasteiger partial charge >= 0.3 is 0 Å². The first-order valence-corrected chi connectivity index (χ1v) is 7.98. The van der Waals surface area contributed by atoms with Crippen LogP contribution in [0.3, 0.4) is 0 Å². The molecule has 2 aliphatic heterocycles. The van der Waals surface area contributed by atoms with E-state index in [4.69, 9.17) is 0 Å². The van der Waals surface area contributed by atoms with Crippen LogP contribution >= 0.6 is 0 Å². The van der Waals surface area contributed by atoms with Crippen molar-refractivity contribution in [3.8, 4) is 11.1 Å². The molecule has 1 fully saturated rings. The van der Waals surface area contributed by atoms with E-state index in [9.17, 15) is 4.79 Å². The summed E-state index contributed by atoms with van der Waals surface area (Å²) in [6.07, 6.45) is 0.957. The van der Waals surface area contributed by atoms with Gasteiger partial charge in [0, 0.05) is 19.6 Å². The molecule has 1 N–H and O–H groups in total. The lowest BCUT2D eigenvalue weighted by Gasteiger charge is -2.24. The largest absolute Gasteiger partial charge is 0.334 e. The topological polar surface area (TPSA) is 32.3 Å². The normalized spacial score (nSPS) is 20.2.